The van der Waals surface area contributed by atoms with E-state index < -0.39 is 0 Å². The average molecular weight is 359 g/mol. The molecule has 1 amide bonds. The Hall–Kier alpha value is -2.14. The highest BCUT2D eigenvalue weighted by Gasteiger charge is 2.34. The number of nitrogens with zero attached hydrogens (tertiary/aromatic N) is 3. The van der Waals surface area contributed by atoms with Crippen LogP contribution >= 0.6 is 11.6 Å². The SMILES string of the molecule is CC1Cc2nc(Nc3cccc(Cl)c3)ncc2CN1C(=O)C(C)(C)C. The van der Waals surface area contributed by atoms with E-state index in [1.807, 2.05) is 56.1 Å². The van der Waals surface area contributed by atoms with Crippen molar-refractivity contribution in [3.8, 4) is 0 Å². The van der Waals surface area contributed by atoms with Gasteiger partial charge < -0.3 is 10.2 Å². The monoisotopic (exact) mass is 358 g/mol. The number of rotatable bonds is 2. The molecule has 6 heteroatoms. The van der Waals surface area contributed by atoms with Gasteiger partial charge in [-0.05, 0) is 25.1 Å². The van der Waals surface area contributed by atoms with Crippen molar-refractivity contribution in [2.24, 2.45) is 5.41 Å². The number of anilines is 2. The average Bonchev–Trinajstić information content (AvgIpc) is 2.52. The van der Waals surface area contributed by atoms with Crippen LogP contribution < -0.4 is 5.32 Å². The van der Waals surface area contributed by atoms with Crippen LogP contribution in [-0.2, 0) is 17.8 Å². The molecule has 0 spiro atoms. The van der Waals surface area contributed by atoms with Crippen molar-refractivity contribution in [1.29, 1.82) is 0 Å². The first-order valence-electron chi connectivity index (χ1n) is 8.42. The van der Waals surface area contributed by atoms with Crippen molar-refractivity contribution >= 4 is 29.1 Å². The summed E-state index contributed by atoms with van der Waals surface area (Å²) in [6.07, 6.45) is 2.54. The maximum atomic E-state index is 12.6. The van der Waals surface area contributed by atoms with E-state index in [1.165, 1.54) is 0 Å². The van der Waals surface area contributed by atoms with Crippen molar-refractivity contribution in [2.45, 2.75) is 46.7 Å². The summed E-state index contributed by atoms with van der Waals surface area (Å²) in [5.41, 5.74) is 2.46. The molecule has 1 aliphatic heterocycles. The second kappa shape index (κ2) is 6.64. The Balaban J connectivity index is 1.81. The van der Waals surface area contributed by atoms with Gasteiger partial charge in [0.1, 0.15) is 0 Å². The minimum atomic E-state index is -0.388. The van der Waals surface area contributed by atoms with Crippen molar-refractivity contribution in [2.75, 3.05) is 5.32 Å². The molecule has 132 valence electrons. The molecular weight excluding hydrogens is 336 g/mol. The minimum absolute atomic E-state index is 0.119. The largest absolute Gasteiger partial charge is 0.335 e. The number of benzene rings is 1. The Morgan fingerprint density at radius 1 is 1.36 bits per heavy atom. The number of carbonyl (C=O) groups is 1. The molecule has 1 N–H and O–H groups in total. The molecular formula is C19H23ClN4O. The zero-order valence-corrected chi connectivity index (χ0v) is 15.8. The molecule has 1 aliphatic rings. The van der Waals surface area contributed by atoms with Crippen LogP contribution in [0.5, 0.6) is 0 Å². The topological polar surface area (TPSA) is 58.1 Å². The van der Waals surface area contributed by atoms with Crippen LogP contribution in [0.4, 0.5) is 11.6 Å². The fourth-order valence-electron chi connectivity index (χ4n) is 2.94. The third-order valence-electron chi connectivity index (χ3n) is 4.30. The second-order valence-corrected chi connectivity index (χ2v) is 7.97. The minimum Gasteiger partial charge on any atom is -0.335 e. The molecule has 3 rings (SSSR count). The van der Waals surface area contributed by atoms with Gasteiger partial charge in [0.25, 0.3) is 0 Å². The van der Waals surface area contributed by atoms with E-state index in [9.17, 15) is 4.79 Å². The molecule has 0 fully saturated rings. The quantitative estimate of drug-likeness (QED) is 0.874. The van der Waals surface area contributed by atoms with Crippen LogP contribution in [0, 0.1) is 5.41 Å². The van der Waals surface area contributed by atoms with E-state index in [-0.39, 0.29) is 17.4 Å². The van der Waals surface area contributed by atoms with Crippen molar-refractivity contribution in [3.05, 3.63) is 46.7 Å². The van der Waals surface area contributed by atoms with Crippen LogP contribution in [0.25, 0.3) is 0 Å². The molecule has 2 heterocycles. The molecule has 0 bridgehead atoms. The summed E-state index contributed by atoms with van der Waals surface area (Å²) < 4.78 is 0. The summed E-state index contributed by atoms with van der Waals surface area (Å²) >= 11 is 6.01. The maximum Gasteiger partial charge on any atom is 0.228 e. The highest BCUT2D eigenvalue weighted by Crippen LogP contribution is 2.28. The lowest BCUT2D eigenvalue weighted by atomic mass is 9.91. The van der Waals surface area contributed by atoms with E-state index >= 15 is 0 Å². The van der Waals surface area contributed by atoms with Gasteiger partial charge in [-0.25, -0.2) is 9.97 Å². The van der Waals surface area contributed by atoms with Crippen molar-refractivity contribution < 1.29 is 4.79 Å². The Morgan fingerprint density at radius 2 is 2.12 bits per heavy atom. The molecule has 0 radical (unpaired) electrons. The van der Waals surface area contributed by atoms with Gasteiger partial charge >= 0.3 is 0 Å². The zero-order chi connectivity index (χ0) is 18.2. The lowest BCUT2D eigenvalue weighted by Crippen LogP contribution is -2.47. The van der Waals surface area contributed by atoms with Crippen LogP contribution in [0.1, 0.15) is 39.0 Å². The highest BCUT2D eigenvalue weighted by atomic mass is 35.5. The third kappa shape index (κ3) is 3.93. The molecule has 25 heavy (non-hydrogen) atoms. The van der Waals surface area contributed by atoms with Gasteiger partial charge in [0.15, 0.2) is 0 Å². The second-order valence-electron chi connectivity index (χ2n) is 7.54. The van der Waals surface area contributed by atoms with Crippen LogP contribution in [0.15, 0.2) is 30.5 Å². The molecule has 1 atom stereocenters. The van der Waals surface area contributed by atoms with Crippen LogP contribution in [0.3, 0.4) is 0 Å². The van der Waals surface area contributed by atoms with Gasteiger partial charge in [-0.1, -0.05) is 38.4 Å². The molecule has 1 aromatic carbocycles. The molecule has 1 unspecified atom stereocenters. The number of fused-ring (bicyclic) bond motifs is 1. The number of hydrogen-bond acceptors (Lipinski definition) is 4. The molecule has 0 saturated carbocycles. The lowest BCUT2D eigenvalue weighted by molar-refractivity contribution is -0.142. The summed E-state index contributed by atoms with van der Waals surface area (Å²) in [6, 6.07) is 7.56. The summed E-state index contributed by atoms with van der Waals surface area (Å²) in [6.45, 7) is 8.48. The fourth-order valence-corrected chi connectivity index (χ4v) is 3.13. The third-order valence-corrected chi connectivity index (χ3v) is 4.53. The van der Waals surface area contributed by atoms with Gasteiger partial charge in [0.05, 0.1) is 5.69 Å². The smallest absolute Gasteiger partial charge is 0.228 e. The highest BCUT2D eigenvalue weighted by molar-refractivity contribution is 6.30. The Kier molecular flexibility index (Phi) is 4.69. The Labute approximate surface area is 153 Å². The first-order chi connectivity index (χ1) is 11.7. The van der Waals surface area contributed by atoms with Gasteiger partial charge in [0.2, 0.25) is 11.9 Å². The van der Waals surface area contributed by atoms with Crippen LogP contribution in [-0.4, -0.2) is 26.8 Å². The number of aromatic nitrogens is 2. The van der Waals surface area contributed by atoms with E-state index in [0.29, 0.717) is 17.5 Å². The maximum absolute atomic E-state index is 12.6. The number of carbonyl (C=O) groups excluding carboxylic acids is 1. The molecule has 0 aliphatic carbocycles. The van der Waals surface area contributed by atoms with Gasteiger partial charge in [-0.15, -0.1) is 0 Å². The predicted molar refractivity (Wildman–Crippen MR) is 99.9 cm³/mol. The first kappa shape index (κ1) is 17.7. The summed E-state index contributed by atoms with van der Waals surface area (Å²) in [7, 11) is 0. The van der Waals surface area contributed by atoms with E-state index in [2.05, 4.69) is 22.2 Å². The normalized spacial score (nSPS) is 17.2. The Bertz CT molecular complexity index is 800. The van der Waals surface area contributed by atoms with E-state index in [4.69, 9.17) is 11.6 Å². The number of amides is 1. The van der Waals surface area contributed by atoms with E-state index in [1.54, 1.807) is 0 Å². The van der Waals surface area contributed by atoms with Gasteiger partial charge in [-0.3, -0.25) is 4.79 Å². The molecule has 1 aromatic heterocycles. The van der Waals surface area contributed by atoms with Crippen LogP contribution in [0.2, 0.25) is 5.02 Å². The van der Waals surface area contributed by atoms with Crippen molar-refractivity contribution in [3.63, 3.8) is 0 Å². The lowest BCUT2D eigenvalue weighted by Gasteiger charge is -2.38. The first-order valence-corrected chi connectivity index (χ1v) is 8.80. The van der Waals surface area contributed by atoms with Gasteiger partial charge in [0, 0.05) is 46.9 Å². The van der Waals surface area contributed by atoms with E-state index in [0.717, 1.165) is 23.4 Å². The molecule has 2 aromatic rings. The number of nitrogens with one attached hydrogen (secondary N) is 1. The zero-order valence-electron chi connectivity index (χ0n) is 15.0. The predicted octanol–water partition coefficient (Wildman–Crippen LogP) is 4.19. The summed E-state index contributed by atoms with van der Waals surface area (Å²) in [5.74, 6) is 0.704. The fraction of sp³-hybridized carbons (Fsp3) is 0.421. The number of hydrogen-bond donors (Lipinski definition) is 1. The summed E-state index contributed by atoms with van der Waals surface area (Å²) in [4.78, 5) is 23.6. The van der Waals surface area contributed by atoms with Crippen molar-refractivity contribution in [1.82, 2.24) is 14.9 Å². The number of halogens is 1. The van der Waals surface area contributed by atoms with Gasteiger partial charge in [-0.2, -0.15) is 0 Å². The summed E-state index contributed by atoms with van der Waals surface area (Å²) in [5, 5.41) is 3.84. The Morgan fingerprint density at radius 3 is 2.80 bits per heavy atom. The standard InChI is InChI=1S/C19H23ClN4O/c1-12-8-16-13(11-24(12)17(25)19(2,3)4)10-21-18(23-16)22-15-7-5-6-14(20)9-15/h5-7,9-10,12H,8,11H2,1-4H3,(H,21,22,23). The molecule has 5 nitrogen and oxygen atoms in total. The molecule has 0 saturated heterocycles.